The second-order valence-corrected chi connectivity index (χ2v) is 1.99. The van der Waals surface area contributed by atoms with Crippen LogP contribution < -0.4 is 5.73 Å². The first kappa shape index (κ1) is 6.01. The molecule has 0 fully saturated rings. The molecule has 1 rings (SSSR count). The summed E-state index contributed by atoms with van der Waals surface area (Å²) in [7, 11) is 0. The summed E-state index contributed by atoms with van der Waals surface area (Å²) in [5, 5.41) is 0. The SMILES string of the molecule is NC1=CC(=O)CCC1=O. The van der Waals surface area contributed by atoms with Crippen molar-refractivity contribution in [2.45, 2.75) is 12.8 Å². The minimum Gasteiger partial charge on any atom is -0.396 e. The van der Waals surface area contributed by atoms with Crippen molar-refractivity contribution in [1.29, 1.82) is 0 Å². The summed E-state index contributed by atoms with van der Waals surface area (Å²) in [6, 6.07) is 0. The lowest BCUT2D eigenvalue weighted by atomic mass is 10.0. The Hall–Kier alpha value is -1.12. The van der Waals surface area contributed by atoms with Gasteiger partial charge in [0.1, 0.15) is 0 Å². The summed E-state index contributed by atoms with van der Waals surface area (Å²) in [5.41, 5.74) is 5.26. The molecule has 0 amide bonds. The summed E-state index contributed by atoms with van der Waals surface area (Å²) in [4.78, 5) is 21.1. The number of hydrogen-bond donors (Lipinski definition) is 1. The number of ketones is 2. The van der Waals surface area contributed by atoms with Crippen molar-refractivity contribution >= 4 is 11.6 Å². The number of rotatable bonds is 0. The molecule has 0 saturated heterocycles. The van der Waals surface area contributed by atoms with E-state index in [1.807, 2.05) is 0 Å². The van der Waals surface area contributed by atoms with Gasteiger partial charge in [0.2, 0.25) is 0 Å². The summed E-state index contributed by atoms with van der Waals surface area (Å²) in [6.45, 7) is 0. The monoisotopic (exact) mass is 125 g/mol. The van der Waals surface area contributed by atoms with E-state index < -0.39 is 0 Å². The van der Waals surface area contributed by atoms with E-state index in [2.05, 4.69) is 0 Å². The van der Waals surface area contributed by atoms with Crippen LogP contribution in [-0.2, 0) is 9.59 Å². The number of hydrogen-bond acceptors (Lipinski definition) is 3. The van der Waals surface area contributed by atoms with Crippen molar-refractivity contribution in [3.63, 3.8) is 0 Å². The van der Waals surface area contributed by atoms with E-state index in [9.17, 15) is 9.59 Å². The van der Waals surface area contributed by atoms with Crippen molar-refractivity contribution in [3.05, 3.63) is 11.8 Å². The van der Waals surface area contributed by atoms with Crippen LogP contribution in [0, 0.1) is 0 Å². The van der Waals surface area contributed by atoms with Gasteiger partial charge in [-0.3, -0.25) is 9.59 Å². The van der Waals surface area contributed by atoms with Crippen LogP contribution in [0.2, 0.25) is 0 Å². The van der Waals surface area contributed by atoms with Gasteiger partial charge in [0.15, 0.2) is 11.6 Å². The van der Waals surface area contributed by atoms with Gasteiger partial charge in [0.05, 0.1) is 5.70 Å². The van der Waals surface area contributed by atoms with Crippen LogP contribution >= 0.6 is 0 Å². The minimum absolute atomic E-state index is 0.0490. The fourth-order valence-corrected chi connectivity index (χ4v) is 0.707. The van der Waals surface area contributed by atoms with Crippen molar-refractivity contribution in [1.82, 2.24) is 0 Å². The first-order chi connectivity index (χ1) is 4.20. The molecule has 0 aliphatic heterocycles. The zero-order chi connectivity index (χ0) is 6.85. The third-order valence-electron chi connectivity index (χ3n) is 1.24. The maximum absolute atomic E-state index is 10.6. The van der Waals surface area contributed by atoms with Gasteiger partial charge in [-0.1, -0.05) is 0 Å². The zero-order valence-corrected chi connectivity index (χ0v) is 4.89. The average Bonchev–Trinajstić information content (AvgIpc) is 1.80. The van der Waals surface area contributed by atoms with Gasteiger partial charge < -0.3 is 5.73 Å². The molecule has 0 aromatic heterocycles. The molecule has 0 aromatic rings. The number of Topliss-reactive ketones (excluding diaryl/α,β-unsaturated/α-hetero) is 1. The van der Waals surface area contributed by atoms with Crippen LogP contribution in [0.4, 0.5) is 0 Å². The Balaban J connectivity index is 2.84. The maximum Gasteiger partial charge on any atom is 0.179 e. The average molecular weight is 125 g/mol. The Morgan fingerprint density at radius 1 is 1.33 bits per heavy atom. The Kier molecular flexibility index (Phi) is 1.34. The predicted octanol–water partition coefficient (Wildman–Crippen LogP) is -0.239. The lowest BCUT2D eigenvalue weighted by molar-refractivity contribution is -0.121. The molecule has 9 heavy (non-hydrogen) atoms. The van der Waals surface area contributed by atoms with E-state index in [0.29, 0.717) is 6.42 Å². The van der Waals surface area contributed by atoms with E-state index in [1.165, 1.54) is 6.08 Å². The third kappa shape index (κ3) is 1.16. The van der Waals surface area contributed by atoms with Crippen LogP contribution in [0.3, 0.4) is 0 Å². The van der Waals surface area contributed by atoms with Gasteiger partial charge >= 0.3 is 0 Å². The number of nitrogens with two attached hydrogens (primary N) is 1. The maximum atomic E-state index is 10.6. The second-order valence-electron chi connectivity index (χ2n) is 1.99. The van der Waals surface area contributed by atoms with E-state index in [0.717, 1.165) is 0 Å². The lowest BCUT2D eigenvalue weighted by Crippen LogP contribution is -2.18. The smallest absolute Gasteiger partial charge is 0.179 e. The molecule has 2 N–H and O–H groups in total. The first-order valence-electron chi connectivity index (χ1n) is 2.73. The van der Waals surface area contributed by atoms with Crippen LogP contribution in [0.5, 0.6) is 0 Å². The molecule has 0 heterocycles. The van der Waals surface area contributed by atoms with Crippen molar-refractivity contribution in [2.75, 3.05) is 0 Å². The largest absolute Gasteiger partial charge is 0.396 e. The molecule has 3 heteroatoms. The summed E-state index contributed by atoms with van der Waals surface area (Å²) < 4.78 is 0. The molecule has 0 spiro atoms. The molecule has 1 aliphatic rings. The highest BCUT2D eigenvalue weighted by molar-refractivity contribution is 6.07. The Bertz CT molecular complexity index is 193. The molecule has 1 aliphatic carbocycles. The highest BCUT2D eigenvalue weighted by Gasteiger charge is 2.14. The molecular formula is C6H7NO2. The van der Waals surface area contributed by atoms with Crippen LogP contribution in [0.25, 0.3) is 0 Å². The summed E-state index contributed by atoms with van der Waals surface area (Å²) in [6.07, 6.45) is 1.80. The highest BCUT2D eigenvalue weighted by atomic mass is 16.1. The molecule has 0 aromatic carbocycles. The minimum atomic E-state index is -0.116. The topological polar surface area (TPSA) is 60.2 Å². The molecule has 0 saturated carbocycles. The van der Waals surface area contributed by atoms with Gasteiger partial charge in [-0.05, 0) is 0 Å². The molecule has 48 valence electrons. The standard InChI is InChI=1S/C6H7NO2/c7-5-3-4(8)1-2-6(5)9/h3H,1-2,7H2. The number of allylic oxidation sites excluding steroid dienone is 2. The normalized spacial score (nSPS) is 19.8. The second kappa shape index (κ2) is 2.01. The van der Waals surface area contributed by atoms with E-state index >= 15 is 0 Å². The van der Waals surface area contributed by atoms with Gasteiger partial charge in [-0.25, -0.2) is 0 Å². The van der Waals surface area contributed by atoms with Crippen LogP contribution in [0.1, 0.15) is 12.8 Å². The van der Waals surface area contributed by atoms with Gasteiger partial charge in [-0.2, -0.15) is 0 Å². The molecule has 0 unspecified atom stereocenters. The summed E-state index contributed by atoms with van der Waals surface area (Å²) in [5.74, 6) is -0.165. The van der Waals surface area contributed by atoms with E-state index in [4.69, 9.17) is 5.73 Å². The van der Waals surface area contributed by atoms with Gasteiger partial charge in [0, 0.05) is 18.9 Å². The highest BCUT2D eigenvalue weighted by Crippen LogP contribution is 2.05. The number of carbonyl (C=O) groups excluding carboxylic acids is 2. The van der Waals surface area contributed by atoms with Crippen molar-refractivity contribution < 1.29 is 9.59 Å². The van der Waals surface area contributed by atoms with Crippen LogP contribution in [-0.4, -0.2) is 11.6 Å². The molecular weight excluding hydrogens is 118 g/mol. The van der Waals surface area contributed by atoms with Crippen molar-refractivity contribution in [3.8, 4) is 0 Å². The third-order valence-corrected chi connectivity index (χ3v) is 1.24. The quantitative estimate of drug-likeness (QED) is 0.486. The first-order valence-corrected chi connectivity index (χ1v) is 2.73. The molecule has 0 atom stereocenters. The Labute approximate surface area is 52.5 Å². The van der Waals surface area contributed by atoms with Crippen LogP contribution in [0.15, 0.2) is 11.8 Å². The fraction of sp³-hybridized carbons (Fsp3) is 0.333. The van der Waals surface area contributed by atoms with E-state index in [-0.39, 0.29) is 23.7 Å². The molecule has 0 radical (unpaired) electrons. The zero-order valence-electron chi connectivity index (χ0n) is 4.89. The fourth-order valence-electron chi connectivity index (χ4n) is 0.707. The predicted molar refractivity (Wildman–Crippen MR) is 31.5 cm³/mol. The molecule has 0 bridgehead atoms. The van der Waals surface area contributed by atoms with E-state index in [1.54, 1.807) is 0 Å². The van der Waals surface area contributed by atoms with Gasteiger partial charge in [0.25, 0.3) is 0 Å². The van der Waals surface area contributed by atoms with Crippen molar-refractivity contribution in [2.24, 2.45) is 5.73 Å². The van der Waals surface area contributed by atoms with Gasteiger partial charge in [-0.15, -0.1) is 0 Å². The Morgan fingerprint density at radius 3 is 2.44 bits per heavy atom. The lowest BCUT2D eigenvalue weighted by Gasteiger charge is -2.04. The number of carbonyl (C=O) groups is 2. The Morgan fingerprint density at radius 2 is 2.00 bits per heavy atom. The summed E-state index contributed by atoms with van der Waals surface area (Å²) >= 11 is 0. The molecule has 3 nitrogen and oxygen atoms in total.